The van der Waals surface area contributed by atoms with Gasteiger partial charge in [0.25, 0.3) is 0 Å². The third kappa shape index (κ3) is 6.45. The number of rotatable bonds is 7. The second-order valence-electron chi connectivity index (χ2n) is 4.26. The van der Waals surface area contributed by atoms with E-state index in [1.165, 1.54) is 0 Å². The quantitative estimate of drug-likeness (QED) is 0.667. The summed E-state index contributed by atoms with van der Waals surface area (Å²) in [5, 5.41) is 8.60. The summed E-state index contributed by atoms with van der Waals surface area (Å²) in [6, 6.07) is 2.25. The van der Waals surface area contributed by atoms with Gasteiger partial charge in [0, 0.05) is 19.1 Å². The molecule has 0 rings (SSSR count). The van der Waals surface area contributed by atoms with Gasteiger partial charge < -0.3 is 10.6 Å². The van der Waals surface area contributed by atoms with Crippen LogP contribution in [-0.2, 0) is 0 Å². The van der Waals surface area contributed by atoms with Gasteiger partial charge in [-0.15, -0.1) is 0 Å². The van der Waals surface area contributed by atoms with Gasteiger partial charge in [-0.05, 0) is 34.0 Å². The minimum atomic E-state index is -0.328. The van der Waals surface area contributed by atoms with E-state index in [2.05, 4.69) is 43.8 Å². The fourth-order valence-corrected chi connectivity index (χ4v) is 1.70. The number of nitrogens with two attached hydrogens (primary N) is 1. The Hall–Kier alpha value is -0.630. The van der Waals surface area contributed by atoms with E-state index in [-0.39, 0.29) is 6.04 Å². The molecular weight excluding hydrogens is 188 g/mol. The van der Waals surface area contributed by atoms with Crippen LogP contribution in [0.25, 0.3) is 0 Å². The van der Waals surface area contributed by atoms with Crippen LogP contribution in [0.4, 0.5) is 0 Å². The largest absolute Gasteiger partial charge is 0.316 e. The topological polar surface area (TPSA) is 56.3 Å². The van der Waals surface area contributed by atoms with Crippen LogP contribution in [-0.4, -0.2) is 55.6 Å². The van der Waals surface area contributed by atoms with E-state index >= 15 is 0 Å². The summed E-state index contributed by atoms with van der Waals surface area (Å²) in [5.74, 6) is 0. The van der Waals surface area contributed by atoms with E-state index in [1.807, 2.05) is 0 Å². The second-order valence-corrected chi connectivity index (χ2v) is 4.26. The van der Waals surface area contributed by atoms with Crippen LogP contribution >= 0.6 is 0 Å². The van der Waals surface area contributed by atoms with Crippen LogP contribution in [0.15, 0.2) is 0 Å². The summed E-state index contributed by atoms with van der Waals surface area (Å²) in [7, 11) is 4.15. The Labute approximate surface area is 93.6 Å². The maximum absolute atomic E-state index is 8.60. The lowest BCUT2D eigenvalue weighted by Gasteiger charge is -2.30. The van der Waals surface area contributed by atoms with E-state index in [1.54, 1.807) is 0 Å². The molecule has 0 aromatic heterocycles. The molecule has 88 valence electrons. The summed E-state index contributed by atoms with van der Waals surface area (Å²) in [6.07, 6.45) is 0.752. The van der Waals surface area contributed by atoms with E-state index in [0.29, 0.717) is 6.04 Å². The van der Waals surface area contributed by atoms with Crippen molar-refractivity contribution in [3.63, 3.8) is 0 Å². The predicted molar refractivity (Wildman–Crippen MR) is 63.5 cm³/mol. The number of likely N-dealkylation sites (N-methyl/N-ethyl adjacent to an activating group) is 2. The Morgan fingerprint density at radius 1 is 1.40 bits per heavy atom. The highest BCUT2D eigenvalue weighted by Gasteiger charge is 2.13. The molecule has 2 atom stereocenters. The summed E-state index contributed by atoms with van der Waals surface area (Å²) < 4.78 is 0. The molecule has 0 spiro atoms. The maximum Gasteiger partial charge on any atom is 0.0940 e. The fourth-order valence-electron chi connectivity index (χ4n) is 1.70. The first kappa shape index (κ1) is 14.4. The van der Waals surface area contributed by atoms with Gasteiger partial charge in [0.05, 0.1) is 12.1 Å². The summed E-state index contributed by atoms with van der Waals surface area (Å²) in [6.45, 7) is 7.30. The highest BCUT2D eigenvalue weighted by molar-refractivity contribution is 4.87. The third-order valence-corrected chi connectivity index (χ3v) is 2.55. The molecule has 0 saturated heterocycles. The summed E-state index contributed by atoms with van der Waals surface area (Å²) in [4.78, 5) is 4.54. The van der Waals surface area contributed by atoms with Gasteiger partial charge in [0.1, 0.15) is 0 Å². The van der Waals surface area contributed by atoms with E-state index < -0.39 is 0 Å². The first-order chi connectivity index (χ1) is 7.01. The molecule has 0 radical (unpaired) electrons. The average molecular weight is 212 g/mol. The lowest BCUT2D eigenvalue weighted by molar-refractivity contribution is 0.178. The van der Waals surface area contributed by atoms with Crippen molar-refractivity contribution in [2.24, 2.45) is 5.73 Å². The number of hydrogen-bond acceptors (Lipinski definition) is 4. The van der Waals surface area contributed by atoms with Crippen molar-refractivity contribution < 1.29 is 0 Å². The molecule has 2 unspecified atom stereocenters. The van der Waals surface area contributed by atoms with Crippen molar-refractivity contribution in [2.45, 2.75) is 32.4 Å². The van der Waals surface area contributed by atoms with Gasteiger partial charge in [-0.2, -0.15) is 5.26 Å². The molecule has 0 saturated carbocycles. The number of nitriles is 1. The maximum atomic E-state index is 8.60. The van der Waals surface area contributed by atoms with E-state index in [0.717, 1.165) is 26.1 Å². The Morgan fingerprint density at radius 2 is 2.00 bits per heavy atom. The Balaban J connectivity index is 3.96. The Bertz CT molecular complexity index is 197. The molecule has 4 nitrogen and oxygen atoms in total. The normalized spacial score (nSPS) is 15.3. The second kappa shape index (κ2) is 7.63. The molecule has 0 aromatic rings. The Kier molecular flexibility index (Phi) is 7.31. The number of nitrogens with zero attached hydrogens (tertiary/aromatic N) is 3. The van der Waals surface area contributed by atoms with Crippen molar-refractivity contribution in [1.29, 1.82) is 5.26 Å². The molecule has 0 aromatic carbocycles. The van der Waals surface area contributed by atoms with Gasteiger partial charge in [0.2, 0.25) is 0 Å². The standard InChI is InChI=1S/C11H24N4/c1-5-15(7-6-11(13)8-12)10(2)9-14(3)4/h10-11H,5-7,9,13H2,1-4H3. The molecule has 0 aliphatic rings. The van der Waals surface area contributed by atoms with Gasteiger partial charge in [-0.1, -0.05) is 6.92 Å². The SMILES string of the molecule is CCN(CCC(N)C#N)C(C)CN(C)C. The summed E-state index contributed by atoms with van der Waals surface area (Å²) in [5.41, 5.74) is 5.58. The Morgan fingerprint density at radius 3 is 2.40 bits per heavy atom. The molecule has 0 fully saturated rings. The monoisotopic (exact) mass is 212 g/mol. The third-order valence-electron chi connectivity index (χ3n) is 2.55. The van der Waals surface area contributed by atoms with E-state index in [4.69, 9.17) is 11.0 Å². The zero-order valence-electron chi connectivity index (χ0n) is 10.4. The van der Waals surface area contributed by atoms with Crippen LogP contribution in [0.2, 0.25) is 0 Å². The minimum Gasteiger partial charge on any atom is -0.316 e. The first-order valence-corrected chi connectivity index (χ1v) is 5.55. The number of hydrogen-bond donors (Lipinski definition) is 1. The summed E-state index contributed by atoms with van der Waals surface area (Å²) >= 11 is 0. The molecule has 0 aliphatic heterocycles. The van der Waals surface area contributed by atoms with E-state index in [9.17, 15) is 0 Å². The van der Waals surface area contributed by atoms with Crippen LogP contribution in [0, 0.1) is 11.3 Å². The van der Waals surface area contributed by atoms with Crippen molar-refractivity contribution in [3.05, 3.63) is 0 Å². The highest BCUT2D eigenvalue weighted by atomic mass is 15.2. The zero-order chi connectivity index (χ0) is 11.8. The van der Waals surface area contributed by atoms with Crippen molar-refractivity contribution in [1.82, 2.24) is 9.80 Å². The molecular formula is C11H24N4. The smallest absolute Gasteiger partial charge is 0.0940 e. The zero-order valence-corrected chi connectivity index (χ0v) is 10.4. The molecule has 0 bridgehead atoms. The fraction of sp³-hybridized carbons (Fsp3) is 0.909. The molecule has 15 heavy (non-hydrogen) atoms. The molecule has 0 aliphatic carbocycles. The highest BCUT2D eigenvalue weighted by Crippen LogP contribution is 2.02. The lowest BCUT2D eigenvalue weighted by atomic mass is 10.2. The van der Waals surface area contributed by atoms with Gasteiger partial charge >= 0.3 is 0 Å². The average Bonchev–Trinajstić information content (AvgIpc) is 2.17. The van der Waals surface area contributed by atoms with Crippen molar-refractivity contribution in [2.75, 3.05) is 33.7 Å². The molecule has 4 heteroatoms. The van der Waals surface area contributed by atoms with Gasteiger partial charge in [0.15, 0.2) is 0 Å². The van der Waals surface area contributed by atoms with Crippen LogP contribution < -0.4 is 5.73 Å². The van der Waals surface area contributed by atoms with Gasteiger partial charge in [-0.25, -0.2) is 0 Å². The molecule has 2 N–H and O–H groups in total. The minimum absolute atomic E-state index is 0.328. The molecule has 0 heterocycles. The van der Waals surface area contributed by atoms with Crippen LogP contribution in [0.5, 0.6) is 0 Å². The lowest BCUT2D eigenvalue weighted by Crippen LogP contribution is -2.41. The predicted octanol–water partition coefficient (Wildman–Crippen LogP) is 0.499. The van der Waals surface area contributed by atoms with Crippen molar-refractivity contribution >= 4 is 0 Å². The van der Waals surface area contributed by atoms with Crippen LogP contribution in [0.1, 0.15) is 20.3 Å². The van der Waals surface area contributed by atoms with Gasteiger partial charge in [-0.3, -0.25) is 4.90 Å². The first-order valence-electron chi connectivity index (χ1n) is 5.55. The molecule has 0 amide bonds. The van der Waals surface area contributed by atoms with Crippen LogP contribution in [0.3, 0.4) is 0 Å². The van der Waals surface area contributed by atoms with Crippen molar-refractivity contribution in [3.8, 4) is 6.07 Å².